The second-order valence-electron chi connectivity index (χ2n) is 6.22. The van der Waals surface area contributed by atoms with Gasteiger partial charge in [-0.15, -0.1) is 0 Å². The van der Waals surface area contributed by atoms with Gasteiger partial charge in [-0.3, -0.25) is 14.2 Å². The second kappa shape index (κ2) is 5.84. The van der Waals surface area contributed by atoms with Crippen LogP contribution >= 0.6 is 0 Å². The number of nitrogens with one attached hydrogen (secondary N) is 1. The van der Waals surface area contributed by atoms with Crippen molar-refractivity contribution in [1.29, 1.82) is 0 Å². The third-order valence-electron chi connectivity index (χ3n) is 4.52. The Morgan fingerprint density at radius 1 is 1.36 bits per heavy atom. The highest BCUT2D eigenvalue weighted by molar-refractivity contribution is 5.92. The Morgan fingerprint density at radius 3 is 2.96 bits per heavy atom. The van der Waals surface area contributed by atoms with Gasteiger partial charge in [-0.2, -0.15) is 0 Å². The minimum Gasteiger partial charge on any atom is -0.330 e. The molecule has 0 spiro atoms. The Hall–Kier alpha value is -2.96. The van der Waals surface area contributed by atoms with Crippen LogP contribution in [0.1, 0.15) is 17.9 Å². The topological polar surface area (TPSA) is 68.9 Å². The molecule has 0 saturated carbocycles. The number of fused-ring (bicyclic) bond motifs is 2. The van der Waals surface area contributed by atoms with E-state index in [0.29, 0.717) is 17.6 Å². The van der Waals surface area contributed by atoms with Crippen LogP contribution in [0.25, 0.3) is 11.0 Å². The normalized spacial score (nSPS) is 13.2. The second-order valence-corrected chi connectivity index (χ2v) is 6.22. The van der Waals surface area contributed by atoms with Crippen molar-refractivity contribution < 1.29 is 9.18 Å². The average Bonchev–Trinajstić information content (AvgIpc) is 3.15. The molecule has 7 heteroatoms. The maximum absolute atomic E-state index is 13.7. The Bertz CT molecular complexity index is 1050. The summed E-state index contributed by atoms with van der Waals surface area (Å²) in [5.41, 5.74) is 1.80. The van der Waals surface area contributed by atoms with Gasteiger partial charge in [0, 0.05) is 18.7 Å². The number of benzene rings is 1. The largest absolute Gasteiger partial charge is 0.330 e. The summed E-state index contributed by atoms with van der Waals surface area (Å²) < 4.78 is 17.0. The molecule has 0 atom stereocenters. The van der Waals surface area contributed by atoms with E-state index in [0.717, 1.165) is 24.4 Å². The van der Waals surface area contributed by atoms with Crippen molar-refractivity contribution in [2.75, 3.05) is 5.32 Å². The SMILES string of the molecule is Cc1cc2nc3n(c(=O)c2n1CC(=O)Nc1ccccc1F)CCC3. The number of aryl methyl sites for hydroxylation is 2. The first-order chi connectivity index (χ1) is 12.0. The molecule has 0 saturated heterocycles. The van der Waals surface area contributed by atoms with E-state index in [-0.39, 0.29) is 17.8 Å². The fourth-order valence-corrected chi connectivity index (χ4v) is 3.33. The summed E-state index contributed by atoms with van der Waals surface area (Å²) in [6.45, 7) is 2.41. The summed E-state index contributed by atoms with van der Waals surface area (Å²) in [7, 11) is 0. The van der Waals surface area contributed by atoms with Crippen LogP contribution in [-0.2, 0) is 24.3 Å². The molecule has 0 fully saturated rings. The fourth-order valence-electron chi connectivity index (χ4n) is 3.33. The first-order valence-corrected chi connectivity index (χ1v) is 8.18. The molecule has 1 aliphatic heterocycles. The van der Waals surface area contributed by atoms with E-state index in [1.54, 1.807) is 21.3 Å². The zero-order valence-electron chi connectivity index (χ0n) is 13.8. The van der Waals surface area contributed by atoms with Gasteiger partial charge in [0.05, 0.1) is 11.2 Å². The zero-order valence-corrected chi connectivity index (χ0v) is 13.8. The van der Waals surface area contributed by atoms with E-state index in [9.17, 15) is 14.0 Å². The molecule has 1 amide bonds. The lowest BCUT2D eigenvalue weighted by Gasteiger charge is -2.10. The number of hydrogen-bond acceptors (Lipinski definition) is 3. The lowest BCUT2D eigenvalue weighted by atomic mass is 10.3. The molecule has 1 aromatic carbocycles. The van der Waals surface area contributed by atoms with Crippen LogP contribution in [0.4, 0.5) is 10.1 Å². The van der Waals surface area contributed by atoms with Crippen molar-refractivity contribution in [1.82, 2.24) is 14.1 Å². The van der Waals surface area contributed by atoms with Gasteiger partial charge in [-0.05, 0) is 31.5 Å². The number of para-hydroxylation sites is 1. The van der Waals surface area contributed by atoms with Gasteiger partial charge < -0.3 is 9.88 Å². The van der Waals surface area contributed by atoms with Crippen LogP contribution in [0.15, 0.2) is 35.1 Å². The van der Waals surface area contributed by atoms with E-state index >= 15 is 0 Å². The molecule has 1 aliphatic rings. The number of nitrogens with zero attached hydrogens (tertiary/aromatic N) is 3. The minimum absolute atomic E-state index is 0.0695. The number of rotatable bonds is 3. The molecule has 128 valence electrons. The molecule has 0 unspecified atom stereocenters. The molecule has 6 nitrogen and oxygen atoms in total. The van der Waals surface area contributed by atoms with Crippen molar-refractivity contribution in [3.63, 3.8) is 0 Å². The van der Waals surface area contributed by atoms with Crippen LogP contribution in [0, 0.1) is 12.7 Å². The quantitative estimate of drug-likeness (QED) is 0.795. The van der Waals surface area contributed by atoms with Crippen molar-refractivity contribution in [2.45, 2.75) is 32.9 Å². The van der Waals surface area contributed by atoms with Crippen molar-refractivity contribution in [2.24, 2.45) is 0 Å². The summed E-state index contributed by atoms with van der Waals surface area (Å²) in [4.78, 5) is 29.7. The Morgan fingerprint density at radius 2 is 2.16 bits per heavy atom. The van der Waals surface area contributed by atoms with Crippen LogP contribution in [0.2, 0.25) is 0 Å². The lowest BCUT2D eigenvalue weighted by Crippen LogP contribution is -2.26. The predicted molar refractivity (Wildman–Crippen MR) is 92.1 cm³/mol. The smallest absolute Gasteiger partial charge is 0.278 e. The number of carbonyl (C=O) groups is 1. The molecule has 0 aliphatic carbocycles. The molecule has 0 radical (unpaired) electrons. The highest BCUT2D eigenvalue weighted by Crippen LogP contribution is 2.19. The summed E-state index contributed by atoms with van der Waals surface area (Å²) >= 11 is 0. The minimum atomic E-state index is -0.496. The average molecular weight is 340 g/mol. The van der Waals surface area contributed by atoms with Gasteiger partial charge in [0.1, 0.15) is 23.7 Å². The number of aromatic nitrogens is 3. The number of anilines is 1. The van der Waals surface area contributed by atoms with Gasteiger partial charge in [-0.25, -0.2) is 9.37 Å². The first kappa shape index (κ1) is 15.6. The maximum Gasteiger partial charge on any atom is 0.278 e. The van der Waals surface area contributed by atoms with Crippen molar-refractivity contribution >= 4 is 22.6 Å². The molecule has 2 aromatic heterocycles. The van der Waals surface area contributed by atoms with Crippen LogP contribution in [0.3, 0.4) is 0 Å². The highest BCUT2D eigenvalue weighted by atomic mass is 19.1. The standard InChI is InChI=1S/C18H17FN4O2/c1-11-9-14-17(18(25)22-8-4-7-15(22)20-14)23(11)10-16(24)21-13-6-3-2-5-12(13)19/h2-3,5-6,9H,4,7-8,10H2,1H3,(H,21,24). The van der Waals surface area contributed by atoms with Gasteiger partial charge in [-0.1, -0.05) is 12.1 Å². The van der Waals surface area contributed by atoms with Gasteiger partial charge in [0.2, 0.25) is 5.91 Å². The van der Waals surface area contributed by atoms with Gasteiger partial charge in [0.25, 0.3) is 5.56 Å². The van der Waals surface area contributed by atoms with Crippen LogP contribution < -0.4 is 10.9 Å². The molecule has 0 bridgehead atoms. The number of amides is 1. The molecular formula is C18H17FN4O2. The molecule has 25 heavy (non-hydrogen) atoms. The Balaban J connectivity index is 1.70. The van der Waals surface area contributed by atoms with Gasteiger partial charge >= 0.3 is 0 Å². The molecule has 1 N–H and O–H groups in total. The summed E-state index contributed by atoms with van der Waals surface area (Å²) in [6, 6.07) is 7.80. The molecular weight excluding hydrogens is 323 g/mol. The first-order valence-electron chi connectivity index (χ1n) is 8.18. The third kappa shape index (κ3) is 2.61. The summed E-state index contributed by atoms with van der Waals surface area (Å²) in [5, 5.41) is 2.55. The zero-order chi connectivity index (χ0) is 17.6. The molecule has 4 rings (SSSR count). The van der Waals surface area contributed by atoms with Crippen LogP contribution in [0.5, 0.6) is 0 Å². The number of hydrogen-bond donors (Lipinski definition) is 1. The van der Waals surface area contributed by atoms with Gasteiger partial charge in [0.15, 0.2) is 0 Å². The number of carbonyl (C=O) groups excluding carboxylic acids is 1. The van der Waals surface area contributed by atoms with E-state index in [4.69, 9.17) is 0 Å². The Kier molecular flexibility index (Phi) is 3.63. The lowest BCUT2D eigenvalue weighted by molar-refractivity contribution is -0.116. The van der Waals surface area contributed by atoms with Crippen molar-refractivity contribution in [3.8, 4) is 0 Å². The third-order valence-corrected chi connectivity index (χ3v) is 4.52. The molecule has 3 heterocycles. The highest BCUT2D eigenvalue weighted by Gasteiger charge is 2.20. The van der Waals surface area contributed by atoms with E-state index < -0.39 is 11.7 Å². The predicted octanol–water partition coefficient (Wildman–Crippen LogP) is 2.23. The number of halogens is 1. The fraction of sp³-hybridized carbons (Fsp3) is 0.278. The van der Waals surface area contributed by atoms with E-state index in [2.05, 4.69) is 10.3 Å². The van der Waals surface area contributed by atoms with E-state index in [1.807, 2.05) is 13.0 Å². The maximum atomic E-state index is 13.7. The Labute approximate surface area is 142 Å². The summed E-state index contributed by atoms with van der Waals surface area (Å²) in [5.74, 6) is -0.0921. The summed E-state index contributed by atoms with van der Waals surface area (Å²) in [6.07, 6.45) is 1.70. The molecule has 3 aromatic rings. The van der Waals surface area contributed by atoms with Crippen LogP contribution in [-0.4, -0.2) is 20.0 Å². The van der Waals surface area contributed by atoms with E-state index in [1.165, 1.54) is 12.1 Å². The van der Waals surface area contributed by atoms with Crippen molar-refractivity contribution in [3.05, 3.63) is 58.0 Å². The monoisotopic (exact) mass is 340 g/mol.